The molecule has 15 heavy (non-hydrogen) atoms. The molecule has 0 radical (unpaired) electrons. The van der Waals surface area contributed by atoms with E-state index in [9.17, 15) is 0 Å². The van der Waals surface area contributed by atoms with Gasteiger partial charge in [-0.3, -0.25) is 0 Å². The van der Waals surface area contributed by atoms with Crippen molar-refractivity contribution in [3.63, 3.8) is 0 Å². The van der Waals surface area contributed by atoms with Gasteiger partial charge in [-0.1, -0.05) is 51.3 Å². The second-order valence-electron chi connectivity index (χ2n) is 4.42. The molecule has 0 unspecified atom stereocenters. The summed E-state index contributed by atoms with van der Waals surface area (Å²) in [6.07, 6.45) is 7.79. The number of unbranched alkanes of at least 4 members (excludes halogenated alkanes) is 2. The van der Waals surface area contributed by atoms with Crippen molar-refractivity contribution in [1.82, 2.24) is 0 Å². The van der Waals surface area contributed by atoms with Crippen molar-refractivity contribution in [2.24, 2.45) is 0 Å². The van der Waals surface area contributed by atoms with Crippen LogP contribution >= 0.6 is 0 Å². The minimum Gasteiger partial charge on any atom is -0.0654 e. The molecule has 0 N–H and O–H groups in total. The minimum absolute atomic E-state index is 1.24. The Bertz CT molecular complexity index is 286. The second-order valence-corrected chi connectivity index (χ2v) is 4.42. The van der Waals surface area contributed by atoms with Gasteiger partial charge >= 0.3 is 0 Å². The summed E-state index contributed by atoms with van der Waals surface area (Å²) in [4.78, 5) is 0. The Hall–Kier alpha value is -0.780. The molecule has 0 aliphatic rings. The first-order valence-corrected chi connectivity index (χ1v) is 6.37. The van der Waals surface area contributed by atoms with Gasteiger partial charge in [0.05, 0.1) is 0 Å². The highest BCUT2D eigenvalue weighted by Crippen LogP contribution is 2.18. The minimum atomic E-state index is 1.24. The number of benzene rings is 1. The van der Waals surface area contributed by atoms with Gasteiger partial charge in [0.25, 0.3) is 0 Å². The van der Waals surface area contributed by atoms with Crippen molar-refractivity contribution in [3.05, 3.63) is 34.9 Å². The highest BCUT2D eigenvalue weighted by atomic mass is 14.1. The summed E-state index contributed by atoms with van der Waals surface area (Å²) in [6, 6.07) is 6.75. The van der Waals surface area contributed by atoms with Gasteiger partial charge in [-0.15, -0.1) is 0 Å². The van der Waals surface area contributed by atoms with Crippen molar-refractivity contribution >= 4 is 0 Å². The molecule has 0 aromatic heterocycles. The molecule has 0 aliphatic heterocycles. The van der Waals surface area contributed by atoms with E-state index in [0.717, 1.165) is 0 Å². The van der Waals surface area contributed by atoms with Crippen LogP contribution in [0.5, 0.6) is 0 Å². The summed E-state index contributed by atoms with van der Waals surface area (Å²) in [5.41, 5.74) is 4.68. The maximum atomic E-state index is 2.30. The topological polar surface area (TPSA) is 0 Å². The van der Waals surface area contributed by atoms with Crippen LogP contribution in [0.3, 0.4) is 0 Å². The molecule has 1 aromatic carbocycles. The Morgan fingerprint density at radius 2 is 1.73 bits per heavy atom. The zero-order chi connectivity index (χ0) is 11.1. The largest absolute Gasteiger partial charge is 0.0654 e. The van der Waals surface area contributed by atoms with Crippen LogP contribution in [-0.2, 0) is 12.8 Å². The number of aryl methyl sites for hydroxylation is 2. The molecule has 1 rings (SSSR count). The van der Waals surface area contributed by atoms with Gasteiger partial charge in [0.1, 0.15) is 0 Å². The average molecular weight is 204 g/mol. The zero-order valence-corrected chi connectivity index (χ0v) is 10.5. The number of rotatable bonds is 6. The van der Waals surface area contributed by atoms with E-state index >= 15 is 0 Å². The smallest absolute Gasteiger partial charge is 0.0274 e. The first-order valence-electron chi connectivity index (χ1n) is 6.37. The normalized spacial score (nSPS) is 10.6. The predicted molar refractivity (Wildman–Crippen MR) is 68.4 cm³/mol. The van der Waals surface area contributed by atoms with E-state index in [-0.39, 0.29) is 0 Å². The molecule has 0 nitrogen and oxygen atoms in total. The molecule has 0 saturated heterocycles. The number of hydrogen-bond acceptors (Lipinski definition) is 0. The molecule has 84 valence electrons. The maximum Gasteiger partial charge on any atom is -0.0274 e. The van der Waals surface area contributed by atoms with Crippen LogP contribution < -0.4 is 0 Å². The van der Waals surface area contributed by atoms with E-state index in [0.29, 0.717) is 0 Å². The van der Waals surface area contributed by atoms with Crippen molar-refractivity contribution in [1.29, 1.82) is 0 Å². The highest BCUT2D eigenvalue weighted by molar-refractivity contribution is 5.34. The summed E-state index contributed by atoms with van der Waals surface area (Å²) in [5, 5.41) is 0. The van der Waals surface area contributed by atoms with Crippen molar-refractivity contribution in [2.45, 2.75) is 59.3 Å². The van der Waals surface area contributed by atoms with E-state index in [1.54, 1.807) is 11.1 Å². The van der Waals surface area contributed by atoms with Gasteiger partial charge in [-0.25, -0.2) is 0 Å². The third-order valence-corrected chi connectivity index (χ3v) is 3.06. The van der Waals surface area contributed by atoms with Crippen LogP contribution in [0.2, 0.25) is 0 Å². The van der Waals surface area contributed by atoms with Gasteiger partial charge in [0.2, 0.25) is 0 Å². The molecule has 0 heteroatoms. The third-order valence-electron chi connectivity index (χ3n) is 3.06. The monoisotopic (exact) mass is 204 g/mol. The van der Waals surface area contributed by atoms with E-state index in [1.165, 1.54) is 44.1 Å². The summed E-state index contributed by atoms with van der Waals surface area (Å²) in [7, 11) is 0. The fraction of sp³-hybridized carbons (Fsp3) is 0.600. The zero-order valence-electron chi connectivity index (χ0n) is 10.5. The standard InChI is InChI=1S/C15H24/c1-4-6-7-12-15-13(3)10-8-11-14(15)9-5-2/h8,10-11H,4-7,9,12H2,1-3H3. The predicted octanol–water partition coefficient (Wildman–Crippen LogP) is 4.68. The number of hydrogen-bond donors (Lipinski definition) is 0. The maximum absolute atomic E-state index is 2.30. The van der Waals surface area contributed by atoms with Crippen LogP contribution in [0.4, 0.5) is 0 Å². The van der Waals surface area contributed by atoms with Gasteiger partial charge in [-0.05, 0) is 42.9 Å². The first-order chi connectivity index (χ1) is 7.29. The summed E-state index contributed by atoms with van der Waals surface area (Å²) in [5.74, 6) is 0. The van der Waals surface area contributed by atoms with Crippen LogP contribution in [0.1, 0.15) is 56.2 Å². The van der Waals surface area contributed by atoms with Gasteiger partial charge in [0.15, 0.2) is 0 Å². The SMILES string of the molecule is CCCCCc1c(C)cccc1CCC. The van der Waals surface area contributed by atoms with Crippen LogP contribution in [0.25, 0.3) is 0 Å². The lowest BCUT2D eigenvalue weighted by atomic mass is 9.94. The lowest BCUT2D eigenvalue weighted by Crippen LogP contribution is -1.97. The molecule has 0 saturated carbocycles. The Balaban J connectivity index is 2.72. The fourth-order valence-corrected chi connectivity index (χ4v) is 2.18. The molecule has 0 atom stereocenters. The van der Waals surface area contributed by atoms with Crippen LogP contribution in [0.15, 0.2) is 18.2 Å². The quantitative estimate of drug-likeness (QED) is 0.590. The fourth-order valence-electron chi connectivity index (χ4n) is 2.18. The van der Waals surface area contributed by atoms with Crippen molar-refractivity contribution in [3.8, 4) is 0 Å². The molecule has 0 spiro atoms. The summed E-state index contributed by atoms with van der Waals surface area (Å²) >= 11 is 0. The highest BCUT2D eigenvalue weighted by Gasteiger charge is 2.04. The van der Waals surface area contributed by atoms with Crippen molar-refractivity contribution < 1.29 is 0 Å². The molecule has 0 heterocycles. The van der Waals surface area contributed by atoms with E-state index in [1.807, 2.05) is 0 Å². The molecule has 0 bridgehead atoms. The molecule has 1 aromatic rings. The van der Waals surface area contributed by atoms with E-state index in [4.69, 9.17) is 0 Å². The molecular formula is C15H24. The molecule has 0 aliphatic carbocycles. The molecule has 0 fully saturated rings. The molecule has 0 amide bonds. The Labute approximate surface area is 94.7 Å². The molecular weight excluding hydrogens is 180 g/mol. The lowest BCUT2D eigenvalue weighted by Gasteiger charge is -2.11. The Kier molecular flexibility index (Phi) is 5.45. The average Bonchev–Trinajstić information content (AvgIpc) is 2.23. The first kappa shape index (κ1) is 12.3. The van der Waals surface area contributed by atoms with E-state index in [2.05, 4.69) is 39.0 Å². The Morgan fingerprint density at radius 1 is 0.933 bits per heavy atom. The van der Waals surface area contributed by atoms with Gasteiger partial charge in [-0.2, -0.15) is 0 Å². The van der Waals surface area contributed by atoms with Crippen LogP contribution in [-0.4, -0.2) is 0 Å². The third kappa shape index (κ3) is 3.70. The Morgan fingerprint density at radius 3 is 2.40 bits per heavy atom. The van der Waals surface area contributed by atoms with E-state index < -0.39 is 0 Å². The van der Waals surface area contributed by atoms with Gasteiger partial charge in [0, 0.05) is 0 Å². The van der Waals surface area contributed by atoms with Gasteiger partial charge < -0.3 is 0 Å². The lowest BCUT2D eigenvalue weighted by molar-refractivity contribution is 0.709. The summed E-state index contributed by atoms with van der Waals surface area (Å²) < 4.78 is 0. The second kappa shape index (κ2) is 6.66. The van der Waals surface area contributed by atoms with Crippen molar-refractivity contribution in [2.75, 3.05) is 0 Å². The summed E-state index contributed by atoms with van der Waals surface area (Å²) in [6.45, 7) is 6.78. The van der Waals surface area contributed by atoms with Crippen LogP contribution in [0, 0.1) is 6.92 Å².